The second kappa shape index (κ2) is 14.4. The van der Waals surface area contributed by atoms with Crippen LogP contribution in [0.25, 0.3) is 6.08 Å². The van der Waals surface area contributed by atoms with Crippen molar-refractivity contribution in [2.75, 3.05) is 39.9 Å². The molecule has 0 aliphatic carbocycles. The Kier molecular flexibility index (Phi) is 11.5. The molecule has 1 aliphatic heterocycles. The average Bonchev–Trinajstić information content (AvgIpc) is 2.85. The number of rotatable bonds is 13. The Balaban J connectivity index is 1.91. The minimum absolute atomic E-state index is 0.0645. The summed E-state index contributed by atoms with van der Waals surface area (Å²) in [6.07, 6.45) is 13.4. The molecule has 1 aliphatic rings. The maximum Gasteiger partial charge on any atom is 0.246 e. The van der Waals surface area contributed by atoms with Crippen LogP contribution in [0, 0.1) is 0 Å². The van der Waals surface area contributed by atoms with E-state index in [-0.39, 0.29) is 5.91 Å². The van der Waals surface area contributed by atoms with Crippen LogP contribution in [0.15, 0.2) is 61.2 Å². The third-order valence-corrected chi connectivity index (χ3v) is 5.98. The Morgan fingerprint density at radius 3 is 2.61 bits per heavy atom. The fourth-order valence-electron chi connectivity index (χ4n) is 4.01. The van der Waals surface area contributed by atoms with Gasteiger partial charge in [0.05, 0.1) is 7.11 Å². The predicted molar refractivity (Wildman–Crippen MR) is 138 cm³/mol. The fraction of sp³-hybridized carbons (Fsp3) is 0.464. The molecule has 180 valence electrons. The second-order valence-corrected chi connectivity index (χ2v) is 8.32. The highest BCUT2D eigenvalue weighted by Crippen LogP contribution is 2.29. The van der Waals surface area contributed by atoms with Gasteiger partial charge in [-0.1, -0.05) is 57.7 Å². The molecule has 0 spiro atoms. The number of hydrogen-bond acceptors (Lipinski definition) is 4. The van der Waals surface area contributed by atoms with Gasteiger partial charge in [-0.25, -0.2) is 0 Å². The summed E-state index contributed by atoms with van der Waals surface area (Å²) in [6, 6.07) is 6.24. The number of unbranched alkanes of at least 4 members (excludes halogenated alkanes) is 1. The third kappa shape index (κ3) is 8.58. The molecule has 1 fully saturated rings. The summed E-state index contributed by atoms with van der Waals surface area (Å²) < 4.78 is 11.3. The van der Waals surface area contributed by atoms with E-state index in [2.05, 4.69) is 31.9 Å². The predicted octanol–water partition coefficient (Wildman–Crippen LogP) is 5.50. The first-order valence-corrected chi connectivity index (χ1v) is 12.0. The van der Waals surface area contributed by atoms with Crippen molar-refractivity contribution in [1.82, 2.24) is 9.80 Å². The second-order valence-electron chi connectivity index (χ2n) is 8.32. The monoisotopic (exact) mass is 452 g/mol. The number of methoxy groups -OCH3 is 1. The van der Waals surface area contributed by atoms with E-state index >= 15 is 0 Å². The van der Waals surface area contributed by atoms with Crippen LogP contribution in [0.4, 0.5) is 0 Å². The SMILES string of the molecule is C=C/C=C\C(=C)COc1ccc(/C=C\C(=O)N2CCC(N(CC)CCCC)CC2)cc1OC. The van der Waals surface area contributed by atoms with Crippen LogP contribution in [-0.4, -0.2) is 61.6 Å². The largest absolute Gasteiger partial charge is 0.493 e. The van der Waals surface area contributed by atoms with Gasteiger partial charge in [0, 0.05) is 25.2 Å². The van der Waals surface area contributed by atoms with E-state index in [1.807, 2.05) is 41.3 Å². The van der Waals surface area contributed by atoms with E-state index in [1.165, 1.54) is 12.8 Å². The van der Waals surface area contributed by atoms with E-state index in [1.54, 1.807) is 19.3 Å². The Bertz CT molecular complexity index is 836. The maximum absolute atomic E-state index is 12.7. The topological polar surface area (TPSA) is 42.0 Å². The lowest BCUT2D eigenvalue weighted by molar-refractivity contribution is -0.127. The highest BCUT2D eigenvalue weighted by atomic mass is 16.5. The highest BCUT2D eigenvalue weighted by Gasteiger charge is 2.25. The number of carbonyl (C=O) groups is 1. The summed E-state index contributed by atoms with van der Waals surface area (Å²) in [5, 5.41) is 0. The van der Waals surface area contributed by atoms with Crippen molar-refractivity contribution in [3.63, 3.8) is 0 Å². The fourth-order valence-corrected chi connectivity index (χ4v) is 4.01. The van der Waals surface area contributed by atoms with Gasteiger partial charge in [-0.3, -0.25) is 4.79 Å². The number of piperidine rings is 1. The van der Waals surface area contributed by atoms with Gasteiger partial charge in [-0.05, 0) is 61.7 Å². The number of hydrogen-bond donors (Lipinski definition) is 0. The number of carbonyl (C=O) groups excluding carboxylic acids is 1. The summed E-state index contributed by atoms with van der Waals surface area (Å²) in [5.41, 5.74) is 1.73. The van der Waals surface area contributed by atoms with Crippen LogP contribution < -0.4 is 9.47 Å². The van der Waals surface area contributed by atoms with Crippen molar-refractivity contribution in [2.45, 2.75) is 45.6 Å². The van der Waals surface area contributed by atoms with Gasteiger partial charge in [0.25, 0.3) is 0 Å². The number of nitrogens with zero attached hydrogens (tertiary/aromatic N) is 2. The number of benzene rings is 1. The molecule has 1 aromatic carbocycles. The van der Waals surface area contributed by atoms with E-state index in [4.69, 9.17) is 9.47 Å². The summed E-state index contributed by atoms with van der Waals surface area (Å²) in [5.74, 6) is 1.33. The van der Waals surface area contributed by atoms with Crippen molar-refractivity contribution in [3.05, 3.63) is 66.8 Å². The van der Waals surface area contributed by atoms with E-state index in [0.29, 0.717) is 24.1 Å². The van der Waals surface area contributed by atoms with Crippen molar-refractivity contribution in [2.24, 2.45) is 0 Å². The summed E-state index contributed by atoms with van der Waals surface area (Å²) in [6.45, 7) is 16.3. The molecule has 5 heteroatoms. The van der Waals surface area contributed by atoms with Gasteiger partial charge in [-0.15, -0.1) is 0 Å². The molecule has 1 amide bonds. The Labute approximate surface area is 200 Å². The third-order valence-electron chi connectivity index (χ3n) is 5.98. The van der Waals surface area contributed by atoms with Crippen molar-refractivity contribution in [3.8, 4) is 11.5 Å². The molecular weight excluding hydrogens is 412 g/mol. The van der Waals surface area contributed by atoms with Gasteiger partial charge in [0.1, 0.15) is 6.61 Å². The molecule has 2 rings (SSSR count). The first-order chi connectivity index (χ1) is 16.0. The van der Waals surface area contributed by atoms with Crippen molar-refractivity contribution >= 4 is 12.0 Å². The molecule has 0 N–H and O–H groups in total. The first-order valence-electron chi connectivity index (χ1n) is 12.0. The van der Waals surface area contributed by atoms with Crippen LogP contribution >= 0.6 is 0 Å². The van der Waals surface area contributed by atoms with Gasteiger partial charge in [0.15, 0.2) is 11.5 Å². The molecule has 0 bridgehead atoms. The molecule has 1 aromatic rings. The van der Waals surface area contributed by atoms with Gasteiger partial charge >= 0.3 is 0 Å². The number of likely N-dealkylation sites (tertiary alicyclic amines) is 1. The van der Waals surface area contributed by atoms with Crippen molar-refractivity contribution in [1.29, 1.82) is 0 Å². The molecule has 0 radical (unpaired) electrons. The zero-order chi connectivity index (χ0) is 24.1. The molecular formula is C28H40N2O3. The normalized spacial score (nSPS) is 14.8. The highest BCUT2D eigenvalue weighted by molar-refractivity contribution is 5.92. The molecule has 0 saturated carbocycles. The van der Waals surface area contributed by atoms with Gasteiger partial charge in [0.2, 0.25) is 5.91 Å². The molecule has 1 saturated heterocycles. The average molecular weight is 453 g/mol. The van der Waals surface area contributed by atoms with Crippen LogP contribution in [0.1, 0.15) is 45.1 Å². The van der Waals surface area contributed by atoms with Gasteiger partial charge < -0.3 is 19.3 Å². The molecule has 5 nitrogen and oxygen atoms in total. The number of amides is 1. The Hall–Kier alpha value is -2.79. The molecule has 0 aromatic heterocycles. The quantitative estimate of drug-likeness (QED) is 0.293. The number of allylic oxidation sites excluding steroid dienone is 2. The zero-order valence-electron chi connectivity index (χ0n) is 20.6. The lowest BCUT2D eigenvalue weighted by Gasteiger charge is -2.38. The standard InChI is InChI=1S/C28H40N2O3/c1-6-9-11-23(4)22-33-26-14-12-24(21-27(26)32-5)13-15-28(31)30-19-16-25(17-20-30)29(8-3)18-10-7-2/h6,9,11-15,21,25H,1,4,7-8,10,16-20,22H2,2-3,5H3/b11-9-,15-13-. The van der Waals surface area contributed by atoms with Crippen molar-refractivity contribution < 1.29 is 14.3 Å². The van der Waals surface area contributed by atoms with Crippen LogP contribution in [0.3, 0.4) is 0 Å². The molecule has 0 unspecified atom stereocenters. The lowest BCUT2D eigenvalue weighted by atomic mass is 10.0. The smallest absolute Gasteiger partial charge is 0.246 e. The molecule has 33 heavy (non-hydrogen) atoms. The summed E-state index contributed by atoms with van der Waals surface area (Å²) in [4.78, 5) is 17.2. The van der Waals surface area contributed by atoms with E-state index < -0.39 is 0 Å². The van der Waals surface area contributed by atoms with E-state index in [9.17, 15) is 4.79 Å². The maximum atomic E-state index is 12.7. The van der Waals surface area contributed by atoms with Crippen LogP contribution in [0.5, 0.6) is 11.5 Å². The minimum atomic E-state index is 0.0645. The molecule has 1 heterocycles. The molecule has 0 atom stereocenters. The van der Waals surface area contributed by atoms with Gasteiger partial charge in [-0.2, -0.15) is 0 Å². The number of ether oxygens (including phenoxy) is 2. The van der Waals surface area contributed by atoms with E-state index in [0.717, 1.165) is 50.2 Å². The minimum Gasteiger partial charge on any atom is -0.493 e. The lowest BCUT2D eigenvalue weighted by Crippen LogP contribution is -2.46. The van der Waals surface area contributed by atoms with Crippen LogP contribution in [-0.2, 0) is 4.79 Å². The summed E-state index contributed by atoms with van der Waals surface area (Å²) in [7, 11) is 1.61. The summed E-state index contributed by atoms with van der Waals surface area (Å²) >= 11 is 0. The Morgan fingerprint density at radius 1 is 1.21 bits per heavy atom. The first kappa shape index (κ1) is 26.5. The zero-order valence-corrected chi connectivity index (χ0v) is 20.6. The van der Waals surface area contributed by atoms with Crippen LogP contribution in [0.2, 0.25) is 0 Å². The Morgan fingerprint density at radius 2 is 1.97 bits per heavy atom.